The van der Waals surface area contributed by atoms with E-state index in [-0.39, 0.29) is 0 Å². The van der Waals surface area contributed by atoms with Gasteiger partial charge in [0.05, 0.1) is 6.61 Å². The Morgan fingerprint density at radius 1 is 1.46 bits per heavy atom. The van der Waals surface area contributed by atoms with Crippen LogP contribution in [0, 0.1) is 11.6 Å². The second kappa shape index (κ2) is 2.77. The van der Waals surface area contributed by atoms with Crippen LogP contribution in [0.5, 0.6) is 0 Å². The zero-order valence-corrected chi connectivity index (χ0v) is 7.31. The van der Waals surface area contributed by atoms with Gasteiger partial charge in [-0.1, -0.05) is 13.0 Å². The van der Waals surface area contributed by atoms with E-state index in [1.165, 1.54) is 12.1 Å². The third-order valence-electron chi connectivity index (χ3n) is 2.49. The first-order valence-corrected chi connectivity index (χ1v) is 4.27. The molecule has 0 aromatic heterocycles. The Labute approximate surface area is 75.3 Å². The van der Waals surface area contributed by atoms with Gasteiger partial charge in [-0.05, 0) is 12.5 Å². The summed E-state index contributed by atoms with van der Waals surface area (Å²) in [5.74, 6) is -1.06. The average Bonchev–Trinajstić information content (AvgIpc) is 2.85. The molecule has 0 saturated carbocycles. The Morgan fingerprint density at radius 3 is 2.62 bits per heavy atom. The molecular formula is C10H10F2O. The predicted octanol–water partition coefficient (Wildman–Crippen LogP) is 2.60. The third-order valence-corrected chi connectivity index (χ3v) is 2.49. The van der Waals surface area contributed by atoms with Crippen LogP contribution in [0.25, 0.3) is 0 Å². The SMILES string of the molecule is CCC1(c2ccc(F)cc2F)CO1. The van der Waals surface area contributed by atoms with E-state index < -0.39 is 17.2 Å². The summed E-state index contributed by atoms with van der Waals surface area (Å²) in [6.07, 6.45) is 0.718. The van der Waals surface area contributed by atoms with Gasteiger partial charge < -0.3 is 4.74 Å². The molecule has 13 heavy (non-hydrogen) atoms. The summed E-state index contributed by atoms with van der Waals surface area (Å²) in [6, 6.07) is 3.62. The number of halogens is 2. The van der Waals surface area contributed by atoms with Crippen LogP contribution < -0.4 is 0 Å². The largest absolute Gasteiger partial charge is 0.364 e. The average molecular weight is 184 g/mol. The van der Waals surface area contributed by atoms with Crippen molar-refractivity contribution < 1.29 is 13.5 Å². The molecule has 1 saturated heterocycles. The van der Waals surface area contributed by atoms with Crippen LogP contribution in [0.2, 0.25) is 0 Å². The van der Waals surface area contributed by atoms with E-state index >= 15 is 0 Å². The second-order valence-corrected chi connectivity index (χ2v) is 3.26. The van der Waals surface area contributed by atoms with Gasteiger partial charge in [0.15, 0.2) is 0 Å². The molecular weight excluding hydrogens is 174 g/mol. The number of epoxide rings is 1. The fraction of sp³-hybridized carbons (Fsp3) is 0.400. The van der Waals surface area contributed by atoms with E-state index in [2.05, 4.69) is 0 Å². The van der Waals surface area contributed by atoms with E-state index in [1.807, 2.05) is 6.92 Å². The Morgan fingerprint density at radius 2 is 2.15 bits per heavy atom. The standard InChI is InChI=1S/C10H10F2O/c1-2-10(6-13-10)8-4-3-7(11)5-9(8)12/h3-5H,2,6H2,1H3. The van der Waals surface area contributed by atoms with E-state index in [1.54, 1.807) is 0 Å². The first-order chi connectivity index (χ1) is 6.18. The molecule has 0 N–H and O–H groups in total. The van der Waals surface area contributed by atoms with E-state index in [0.29, 0.717) is 12.2 Å². The van der Waals surface area contributed by atoms with Gasteiger partial charge in [0.2, 0.25) is 0 Å². The summed E-state index contributed by atoms with van der Waals surface area (Å²) in [5.41, 5.74) is -0.00553. The monoisotopic (exact) mass is 184 g/mol. The van der Waals surface area contributed by atoms with E-state index in [0.717, 1.165) is 12.5 Å². The molecule has 2 rings (SSSR count). The number of hydrogen-bond acceptors (Lipinski definition) is 1. The summed E-state index contributed by atoms with van der Waals surface area (Å²) in [5, 5.41) is 0. The highest BCUT2D eigenvalue weighted by atomic mass is 19.1. The topological polar surface area (TPSA) is 12.5 Å². The van der Waals surface area contributed by atoms with Gasteiger partial charge in [0, 0.05) is 11.6 Å². The molecule has 1 unspecified atom stereocenters. The van der Waals surface area contributed by atoms with Gasteiger partial charge in [-0.2, -0.15) is 0 Å². The third kappa shape index (κ3) is 1.33. The van der Waals surface area contributed by atoms with Crippen LogP contribution in [-0.4, -0.2) is 6.61 Å². The van der Waals surface area contributed by atoms with Crippen molar-refractivity contribution in [2.75, 3.05) is 6.61 Å². The lowest BCUT2D eigenvalue weighted by Gasteiger charge is -2.09. The summed E-state index contributed by atoms with van der Waals surface area (Å²) in [7, 11) is 0. The van der Waals surface area contributed by atoms with Gasteiger partial charge in [-0.3, -0.25) is 0 Å². The number of hydrogen-bond donors (Lipinski definition) is 0. The predicted molar refractivity (Wildman–Crippen MR) is 44.3 cm³/mol. The zero-order valence-electron chi connectivity index (χ0n) is 7.31. The molecule has 1 aliphatic rings. The highest BCUT2D eigenvalue weighted by Crippen LogP contribution is 2.42. The summed E-state index contributed by atoms with van der Waals surface area (Å²) < 4.78 is 31.0. The van der Waals surface area contributed by atoms with Crippen molar-refractivity contribution in [1.29, 1.82) is 0 Å². The van der Waals surface area contributed by atoms with Crippen molar-refractivity contribution in [2.24, 2.45) is 0 Å². The van der Waals surface area contributed by atoms with Gasteiger partial charge >= 0.3 is 0 Å². The summed E-state index contributed by atoms with van der Waals surface area (Å²) in [6.45, 7) is 2.46. The molecule has 0 bridgehead atoms. The van der Waals surface area contributed by atoms with Crippen molar-refractivity contribution in [2.45, 2.75) is 18.9 Å². The van der Waals surface area contributed by atoms with Crippen molar-refractivity contribution in [1.82, 2.24) is 0 Å². The highest BCUT2D eigenvalue weighted by Gasteiger charge is 2.46. The van der Waals surface area contributed by atoms with Crippen LogP contribution in [0.4, 0.5) is 8.78 Å². The molecule has 0 amide bonds. The van der Waals surface area contributed by atoms with E-state index in [9.17, 15) is 8.78 Å². The number of ether oxygens (including phenoxy) is 1. The maximum absolute atomic E-state index is 13.3. The van der Waals surface area contributed by atoms with Crippen LogP contribution in [0.1, 0.15) is 18.9 Å². The molecule has 1 nitrogen and oxygen atoms in total. The fourth-order valence-corrected chi connectivity index (χ4v) is 1.50. The molecule has 0 radical (unpaired) electrons. The number of benzene rings is 1. The Bertz CT molecular complexity index is 332. The van der Waals surface area contributed by atoms with Gasteiger partial charge in [0.1, 0.15) is 17.2 Å². The fourth-order valence-electron chi connectivity index (χ4n) is 1.50. The smallest absolute Gasteiger partial charge is 0.132 e. The summed E-state index contributed by atoms with van der Waals surface area (Å²) >= 11 is 0. The lowest BCUT2D eigenvalue weighted by Crippen LogP contribution is -2.09. The first kappa shape index (κ1) is 8.63. The number of rotatable bonds is 2. The molecule has 1 aromatic carbocycles. The Kier molecular flexibility index (Phi) is 1.84. The summed E-state index contributed by atoms with van der Waals surface area (Å²) in [4.78, 5) is 0. The van der Waals surface area contributed by atoms with Crippen LogP contribution in [-0.2, 0) is 10.3 Å². The minimum Gasteiger partial charge on any atom is -0.364 e. The quantitative estimate of drug-likeness (QED) is 0.643. The van der Waals surface area contributed by atoms with Crippen LogP contribution >= 0.6 is 0 Å². The highest BCUT2D eigenvalue weighted by molar-refractivity contribution is 5.28. The maximum atomic E-state index is 13.3. The Balaban J connectivity index is 2.41. The van der Waals surface area contributed by atoms with Crippen LogP contribution in [0.15, 0.2) is 18.2 Å². The van der Waals surface area contributed by atoms with Gasteiger partial charge in [-0.15, -0.1) is 0 Å². The molecule has 0 spiro atoms. The molecule has 3 heteroatoms. The molecule has 1 fully saturated rings. The minimum absolute atomic E-state index is 0.469. The lowest BCUT2D eigenvalue weighted by atomic mass is 9.97. The van der Waals surface area contributed by atoms with Gasteiger partial charge in [0.25, 0.3) is 0 Å². The molecule has 70 valence electrons. The van der Waals surface area contributed by atoms with Crippen molar-refractivity contribution in [3.63, 3.8) is 0 Å². The minimum atomic E-state index is -0.548. The molecule has 1 aromatic rings. The Hall–Kier alpha value is -0.960. The lowest BCUT2D eigenvalue weighted by molar-refractivity contribution is 0.293. The molecule has 0 aliphatic carbocycles. The molecule has 1 aliphatic heterocycles. The molecule has 1 atom stereocenters. The zero-order chi connectivity index (χ0) is 9.47. The van der Waals surface area contributed by atoms with Crippen LogP contribution in [0.3, 0.4) is 0 Å². The normalized spacial score (nSPS) is 26.1. The maximum Gasteiger partial charge on any atom is 0.132 e. The second-order valence-electron chi connectivity index (χ2n) is 3.26. The van der Waals surface area contributed by atoms with Gasteiger partial charge in [-0.25, -0.2) is 8.78 Å². The first-order valence-electron chi connectivity index (χ1n) is 4.27. The van der Waals surface area contributed by atoms with Crippen molar-refractivity contribution >= 4 is 0 Å². The van der Waals surface area contributed by atoms with Crippen molar-refractivity contribution in [3.05, 3.63) is 35.4 Å². The van der Waals surface area contributed by atoms with Crippen molar-refractivity contribution in [3.8, 4) is 0 Å². The molecule has 1 heterocycles. The van der Waals surface area contributed by atoms with E-state index in [4.69, 9.17) is 4.74 Å².